The normalized spacial score (nSPS) is 22.5. The van der Waals surface area contributed by atoms with E-state index in [-0.39, 0.29) is 23.1 Å². The van der Waals surface area contributed by atoms with Gasteiger partial charge >= 0.3 is 0 Å². The molecule has 0 spiro atoms. The maximum atomic E-state index is 12.3. The number of carbonyl (C=O) groups excluding carboxylic acids is 1. The summed E-state index contributed by atoms with van der Waals surface area (Å²) in [6.07, 6.45) is -0.598. The van der Waals surface area contributed by atoms with Crippen molar-refractivity contribution < 1.29 is 9.90 Å². The highest BCUT2D eigenvalue weighted by Gasteiger charge is 2.32. The molecule has 2 atom stereocenters. The molecule has 0 aliphatic carbocycles. The van der Waals surface area contributed by atoms with E-state index in [1.165, 1.54) is 4.90 Å². The Bertz CT molecular complexity index is 553. The van der Waals surface area contributed by atoms with Gasteiger partial charge in [0.15, 0.2) is 0 Å². The molecular formula is C13H19N3O3. The second-order valence-corrected chi connectivity index (χ2v) is 5.03. The predicted octanol–water partition coefficient (Wildman–Crippen LogP) is -0.604. The Labute approximate surface area is 111 Å². The number of hydrogen-bond acceptors (Lipinski definition) is 4. The molecule has 1 fully saturated rings. The van der Waals surface area contributed by atoms with Gasteiger partial charge in [0.1, 0.15) is 5.56 Å². The van der Waals surface area contributed by atoms with Crippen LogP contribution in [0.5, 0.6) is 0 Å². The van der Waals surface area contributed by atoms with Crippen LogP contribution in [0.25, 0.3) is 0 Å². The predicted molar refractivity (Wildman–Crippen MR) is 71.3 cm³/mol. The van der Waals surface area contributed by atoms with Crippen LogP contribution in [0.3, 0.4) is 0 Å². The molecule has 2 heterocycles. The lowest BCUT2D eigenvalue weighted by Gasteiger charge is -2.26. The fourth-order valence-electron chi connectivity index (χ4n) is 2.27. The fraction of sp³-hybridized carbons (Fsp3) is 0.538. The summed E-state index contributed by atoms with van der Waals surface area (Å²) >= 11 is 0. The molecule has 0 saturated carbocycles. The highest BCUT2D eigenvalue weighted by atomic mass is 16.3. The number of aliphatic hydroxyl groups excluding tert-OH is 1. The highest BCUT2D eigenvalue weighted by molar-refractivity contribution is 5.94. The number of likely N-dealkylation sites (N-methyl/N-ethyl adjacent to an activating group) is 1. The van der Waals surface area contributed by atoms with E-state index in [9.17, 15) is 14.7 Å². The van der Waals surface area contributed by atoms with Gasteiger partial charge in [-0.15, -0.1) is 0 Å². The van der Waals surface area contributed by atoms with Crippen molar-refractivity contribution in [3.8, 4) is 0 Å². The molecule has 104 valence electrons. The molecule has 0 aromatic carbocycles. The first-order valence-electron chi connectivity index (χ1n) is 6.28. The first-order chi connectivity index (χ1) is 8.91. The first kappa shape index (κ1) is 13.8. The summed E-state index contributed by atoms with van der Waals surface area (Å²) in [7, 11) is 1.61. The van der Waals surface area contributed by atoms with E-state index < -0.39 is 6.10 Å². The molecule has 19 heavy (non-hydrogen) atoms. The number of pyridine rings is 1. The van der Waals surface area contributed by atoms with Crippen molar-refractivity contribution in [2.45, 2.75) is 26.0 Å². The van der Waals surface area contributed by atoms with Gasteiger partial charge in [-0.2, -0.15) is 0 Å². The topological polar surface area (TPSA) is 85.4 Å². The van der Waals surface area contributed by atoms with Gasteiger partial charge in [0, 0.05) is 25.8 Å². The van der Waals surface area contributed by atoms with E-state index in [1.54, 1.807) is 20.0 Å². The minimum Gasteiger partial charge on any atom is -0.390 e. The number of aromatic amines is 1. The smallest absolute Gasteiger partial charge is 0.261 e. The lowest BCUT2D eigenvalue weighted by molar-refractivity contribution is 0.0579. The first-order valence-corrected chi connectivity index (χ1v) is 6.28. The minimum atomic E-state index is -0.598. The van der Waals surface area contributed by atoms with Crippen molar-refractivity contribution in [3.63, 3.8) is 0 Å². The second kappa shape index (κ2) is 5.14. The Kier molecular flexibility index (Phi) is 3.73. The Morgan fingerprint density at radius 2 is 2.11 bits per heavy atom. The van der Waals surface area contributed by atoms with Gasteiger partial charge in [-0.3, -0.25) is 9.59 Å². The lowest BCUT2D eigenvalue weighted by atomic mass is 10.1. The number of rotatable bonds is 2. The number of carbonyl (C=O) groups is 1. The van der Waals surface area contributed by atoms with Crippen molar-refractivity contribution in [2.75, 3.05) is 20.1 Å². The maximum Gasteiger partial charge on any atom is 0.261 e. The van der Waals surface area contributed by atoms with Gasteiger partial charge in [-0.1, -0.05) is 0 Å². The Morgan fingerprint density at radius 3 is 2.68 bits per heavy atom. The summed E-state index contributed by atoms with van der Waals surface area (Å²) in [5.74, 6) is -0.364. The van der Waals surface area contributed by atoms with E-state index in [0.29, 0.717) is 13.1 Å². The zero-order chi connectivity index (χ0) is 14.2. The van der Waals surface area contributed by atoms with E-state index >= 15 is 0 Å². The standard InChI is InChI=1S/C13H19N3O3/c1-7-4-9(12(18)15-8(7)2)13(19)16(3)10-5-14-6-11(10)17/h4,10-11,14,17H,5-6H2,1-3H3,(H,15,18)/t10-,11-/m1/s1. The molecule has 1 aliphatic rings. The number of nitrogens with one attached hydrogen (secondary N) is 2. The third-order valence-corrected chi connectivity index (χ3v) is 3.70. The number of aliphatic hydroxyl groups is 1. The van der Waals surface area contributed by atoms with Crippen molar-refractivity contribution in [1.29, 1.82) is 0 Å². The van der Waals surface area contributed by atoms with Gasteiger partial charge in [0.2, 0.25) is 0 Å². The third kappa shape index (κ3) is 2.54. The molecule has 6 heteroatoms. The molecule has 0 radical (unpaired) electrons. The number of aryl methyl sites for hydroxylation is 2. The average molecular weight is 265 g/mol. The maximum absolute atomic E-state index is 12.3. The largest absolute Gasteiger partial charge is 0.390 e. The highest BCUT2D eigenvalue weighted by Crippen LogP contribution is 2.11. The van der Waals surface area contributed by atoms with Crippen molar-refractivity contribution in [3.05, 3.63) is 33.2 Å². The Morgan fingerprint density at radius 1 is 1.42 bits per heavy atom. The van der Waals surface area contributed by atoms with Crippen molar-refractivity contribution in [2.24, 2.45) is 0 Å². The molecule has 1 saturated heterocycles. The summed E-state index contributed by atoms with van der Waals surface area (Å²) in [6.45, 7) is 4.63. The van der Waals surface area contributed by atoms with Gasteiger partial charge in [0.05, 0.1) is 12.1 Å². The number of H-pyrrole nitrogens is 1. The molecule has 1 amide bonds. The summed E-state index contributed by atoms with van der Waals surface area (Å²) in [5.41, 5.74) is 1.35. The third-order valence-electron chi connectivity index (χ3n) is 3.70. The van der Waals surface area contributed by atoms with Crippen LogP contribution in [0.15, 0.2) is 10.9 Å². The zero-order valence-corrected chi connectivity index (χ0v) is 11.4. The monoisotopic (exact) mass is 265 g/mol. The summed E-state index contributed by atoms with van der Waals surface area (Å²) < 4.78 is 0. The van der Waals surface area contributed by atoms with Crippen molar-refractivity contribution in [1.82, 2.24) is 15.2 Å². The van der Waals surface area contributed by atoms with E-state index in [2.05, 4.69) is 10.3 Å². The molecule has 3 N–H and O–H groups in total. The van der Waals surface area contributed by atoms with Crippen LogP contribution in [0, 0.1) is 13.8 Å². The Balaban J connectivity index is 2.29. The Hall–Kier alpha value is -1.66. The summed E-state index contributed by atoms with van der Waals surface area (Å²) in [6, 6.07) is 1.30. The second-order valence-electron chi connectivity index (χ2n) is 5.03. The molecule has 0 unspecified atom stereocenters. The molecule has 1 aromatic rings. The van der Waals surface area contributed by atoms with Gasteiger partial charge < -0.3 is 20.3 Å². The van der Waals surface area contributed by atoms with Crippen molar-refractivity contribution >= 4 is 5.91 Å². The van der Waals surface area contributed by atoms with E-state index in [1.807, 2.05) is 6.92 Å². The summed E-state index contributed by atoms with van der Waals surface area (Å²) in [4.78, 5) is 28.3. The van der Waals surface area contributed by atoms with Crippen LogP contribution < -0.4 is 10.9 Å². The number of hydrogen-bond donors (Lipinski definition) is 3. The fourth-order valence-corrected chi connectivity index (χ4v) is 2.27. The molecule has 1 aromatic heterocycles. The SMILES string of the molecule is Cc1cc(C(=O)N(C)[C@@H]2CNC[C@H]2O)c(=O)[nH]c1C. The van der Waals surface area contributed by atoms with E-state index in [0.717, 1.165) is 11.3 Å². The molecule has 2 rings (SSSR count). The summed E-state index contributed by atoms with van der Waals surface area (Å²) in [5, 5.41) is 12.8. The van der Waals surface area contributed by atoms with Crippen LogP contribution in [0.1, 0.15) is 21.6 Å². The van der Waals surface area contributed by atoms with Crippen LogP contribution in [-0.4, -0.2) is 53.2 Å². The number of nitrogens with zero attached hydrogens (tertiary/aromatic N) is 1. The number of aromatic nitrogens is 1. The van der Waals surface area contributed by atoms with Crippen LogP contribution >= 0.6 is 0 Å². The molecule has 0 bridgehead atoms. The van der Waals surface area contributed by atoms with Gasteiger partial charge in [0.25, 0.3) is 11.5 Å². The molecule has 6 nitrogen and oxygen atoms in total. The van der Waals surface area contributed by atoms with Gasteiger partial charge in [-0.25, -0.2) is 0 Å². The van der Waals surface area contributed by atoms with E-state index in [4.69, 9.17) is 0 Å². The van der Waals surface area contributed by atoms with Crippen LogP contribution in [0.4, 0.5) is 0 Å². The zero-order valence-electron chi connectivity index (χ0n) is 11.4. The quantitative estimate of drug-likeness (QED) is 0.666. The van der Waals surface area contributed by atoms with Gasteiger partial charge in [-0.05, 0) is 25.5 Å². The van der Waals surface area contributed by atoms with Crippen LogP contribution in [0.2, 0.25) is 0 Å². The van der Waals surface area contributed by atoms with Crippen LogP contribution in [-0.2, 0) is 0 Å². The molecular weight excluding hydrogens is 246 g/mol. The molecule has 1 aliphatic heterocycles. The number of β-amino-alcohol motifs (C(OH)–C–C–N with tert-alkyl or cyclic N) is 1. The lowest BCUT2D eigenvalue weighted by Crippen LogP contribution is -2.45. The average Bonchev–Trinajstić information content (AvgIpc) is 2.78. The number of amides is 1. The minimum absolute atomic E-state index is 0.115.